The molecule has 6 heteroatoms. The molecule has 0 unspecified atom stereocenters. The van der Waals surface area contributed by atoms with Crippen molar-refractivity contribution in [2.45, 2.75) is 6.54 Å². The summed E-state index contributed by atoms with van der Waals surface area (Å²) in [7, 11) is 0. The zero-order valence-corrected chi connectivity index (χ0v) is 8.26. The molecule has 2 aromatic heterocycles. The van der Waals surface area contributed by atoms with Crippen LogP contribution in [0.2, 0.25) is 0 Å². The molecule has 2 aromatic rings. The lowest BCUT2D eigenvalue weighted by atomic mass is 10.3. The summed E-state index contributed by atoms with van der Waals surface area (Å²) < 4.78 is 14.6. The minimum atomic E-state index is -0.619. The van der Waals surface area contributed by atoms with E-state index in [0.717, 1.165) is 0 Å². The molecule has 0 aliphatic rings. The van der Waals surface area contributed by atoms with Gasteiger partial charge in [0.25, 0.3) is 0 Å². The third kappa shape index (κ3) is 1.98. The number of hydrogen-bond acceptors (Lipinski definition) is 4. The monoisotopic (exact) mass is 217 g/mol. The van der Waals surface area contributed by atoms with Crippen LogP contribution in [0.1, 0.15) is 11.4 Å². The Kier molecular flexibility index (Phi) is 2.52. The van der Waals surface area contributed by atoms with E-state index in [2.05, 4.69) is 10.1 Å². The van der Waals surface area contributed by atoms with E-state index in [1.165, 1.54) is 12.1 Å². The van der Waals surface area contributed by atoms with Gasteiger partial charge < -0.3 is 5.73 Å². The Morgan fingerprint density at radius 2 is 2.25 bits per heavy atom. The summed E-state index contributed by atoms with van der Waals surface area (Å²) in [5.41, 5.74) is 5.79. The van der Waals surface area contributed by atoms with Gasteiger partial charge in [-0.3, -0.25) is 4.68 Å². The largest absolute Gasteiger partial charge is 0.382 e. The van der Waals surface area contributed by atoms with Crippen LogP contribution in [-0.4, -0.2) is 14.8 Å². The van der Waals surface area contributed by atoms with Crippen LogP contribution < -0.4 is 5.73 Å². The van der Waals surface area contributed by atoms with Crippen molar-refractivity contribution in [2.24, 2.45) is 0 Å². The van der Waals surface area contributed by atoms with E-state index in [1.807, 2.05) is 0 Å². The number of anilines is 1. The number of nitrogens with two attached hydrogens (primary N) is 1. The van der Waals surface area contributed by atoms with Crippen molar-refractivity contribution in [3.8, 4) is 6.07 Å². The molecule has 0 amide bonds. The Balaban J connectivity index is 2.26. The topological polar surface area (TPSA) is 80.5 Å². The Morgan fingerprint density at radius 3 is 2.88 bits per heavy atom. The number of aromatic nitrogens is 3. The van der Waals surface area contributed by atoms with Crippen molar-refractivity contribution >= 4 is 5.82 Å². The molecule has 0 saturated carbocycles. The van der Waals surface area contributed by atoms with E-state index < -0.39 is 5.82 Å². The highest BCUT2D eigenvalue weighted by atomic mass is 19.1. The molecule has 2 N–H and O–H groups in total. The van der Waals surface area contributed by atoms with Gasteiger partial charge in [-0.25, -0.2) is 9.37 Å². The Labute approximate surface area is 90.9 Å². The molecular formula is C10H8FN5. The predicted molar refractivity (Wildman–Crippen MR) is 54.7 cm³/mol. The molecule has 16 heavy (non-hydrogen) atoms. The van der Waals surface area contributed by atoms with Gasteiger partial charge in [-0.15, -0.1) is 0 Å². The first-order chi connectivity index (χ1) is 7.69. The minimum absolute atomic E-state index is 0.211. The van der Waals surface area contributed by atoms with Gasteiger partial charge in [0.1, 0.15) is 11.9 Å². The molecule has 0 aromatic carbocycles. The number of nitrogens with zero attached hydrogens (tertiary/aromatic N) is 4. The van der Waals surface area contributed by atoms with Gasteiger partial charge in [-0.2, -0.15) is 10.4 Å². The molecule has 0 bridgehead atoms. The van der Waals surface area contributed by atoms with Crippen molar-refractivity contribution in [1.29, 1.82) is 5.26 Å². The number of halogens is 1. The average Bonchev–Trinajstić information content (AvgIpc) is 2.67. The van der Waals surface area contributed by atoms with Crippen molar-refractivity contribution in [2.75, 3.05) is 5.73 Å². The quantitative estimate of drug-likeness (QED) is 0.811. The lowest BCUT2D eigenvalue weighted by Gasteiger charge is -2.01. The lowest BCUT2D eigenvalue weighted by molar-refractivity contribution is 0.608. The van der Waals surface area contributed by atoms with Gasteiger partial charge in [0.05, 0.1) is 12.2 Å². The van der Waals surface area contributed by atoms with E-state index in [1.54, 1.807) is 23.0 Å². The first kappa shape index (κ1) is 10.1. The zero-order valence-electron chi connectivity index (χ0n) is 8.26. The summed E-state index contributed by atoms with van der Waals surface area (Å²) >= 11 is 0. The number of rotatable bonds is 2. The van der Waals surface area contributed by atoms with Crippen LogP contribution >= 0.6 is 0 Å². The predicted octanol–water partition coefficient (Wildman–Crippen LogP) is 0.919. The number of hydrogen-bond donors (Lipinski definition) is 1. The summed E-state index contributed by atoms with van der Waals surface area (Å²) in [6.07, 6.45) is 1.69. The summed E-state index contributed by atoms with van der Waals surface area (Å²) in [5.74, 6) is -0.214. The number of nitrogen functional groups attached to an aromatic ring is 1. The van der Waals surface area contributed by atoms with Gasteiger partial charge >= 0.3 is 0 Å². The number of nitriles is 1. The summed E-state index contributed by atoms with van der Waals surface area (Å²) in [6, 6.07) is 6.06. The Bertz CT molecular complexity index is 555. The Hall–Kier alpha value is -2.42. The van der Waals surface area contributed by atoms with E-state index in [-0.39, 0.29) is 5.69 Å². The van der Waals surface area contributed by atoms with Gasteiger partial charge in [0.2, 0.25) is 0 Å². The van der Waals surface area contributed by atoms with Gasteiger partial charge in [0, 0.05) is 6.20 Å². The fourth-order valence-corrected chi connectivity index (χ4v) is 1.28. The van der Waals surface area contributed by atoms with Crippen LogP contribution in [0.3, 0.4) is 0 Å². The van der Waals surface area contributed by atoms with Crippen molar-refractivity contribution in [3.63, 3.8) is 0 Å². The molecule has 0 radical (unpaired) electrons. The second kappa shape index (κ2) is 3.98. The standard InChI is InChI=1S/C10H8FN5/c11-8-2-1-7(14-9(8)5-12)6-16-4-3-10(13)15-16/h1-4H,6H2,(H2,13,15). The molecule has 0 atom stereocenters. The highest BCUT2D eigenvalue weighted by molar-refractivity contribution is 5.26. The molecule has 0 spiro atoms. The lowest BCUT2D eigenvalue weighted by Crippen LogP contribution is -2.04. The van der Waals surface area contributed by atoms with Crippen LogP contribution in [0.4, 0.5) is 10.2 Å². The molecule has 0 saturated heterocycles. The summed E-state index contributed by atoms with van der Waals surface area (Å²) in [4.78, 5) is 3.86. The summed E-state index contributed by atoms with van der Waals surface area (Å²) in [5, 5.41) is 12.6. The van der Waals surface area contributed by atoms with E-state index in [0.29, 0.717) is 18.1 Å². The highest BCUT2D eigenvalue weighted by Gasteiger charge is 2.05. The SMILES string of the molecule is N#Cc1nc(Cn2ccc(N)n2)ccc1F. The molecular weight excluding hydrogens is 209 g/mol. The van der Waals surface area contributed by atoms with Gasteiger partial charge in [0.15, 0.2) is 11.5 Å². The van der Waals surface area contributed by atoms with Crippen molar-refractivity contribution in [1.82, 2.24) is 14.8 Å². The second-order valence-corrected chi connectivity index (χ2v) is 3.18. The maximum absolute atomic E-state index is 13.0. The normalized spacial score (nSPS) is 10.0. The zero-order chi connectivity index (χ0) is 11.5. The van der Waals surface area contributed by atoms with Crippen LogP contribution in [0.25, 0.3) is 0 Å². The van der Waals surface area contributed by atoms with E-state index in [9.17, 15) is 4.39 Å². The second-order valence-electron chi connectivity index (χ2n) is 3.18. The van der Waals surface area contributed by atoms with Crippen molar-refractivity contribution < 1.29 is 4.39 Å². The Morgan fingerprint density at radius 1 is 1.44 bits per heavy atom. The molecule has 2 rings (SSSR count). The van der Waals surface area contributed by atoms with E-state index >= 15 is 0 Å². The van der Waals surface area contributed by atoms with Crippen LogP contribution in [0.15, 0.2) is 24.4 Å². The number of pyridine rings is 1. The summed E-state index contributed by atoms with van der Waals surface area (Å²) in [6.45, 7) is 0.353. The molecule has 0 aliphatic heterocycles. The maximum Gasteiger partial charge on any atom is 0.176 e. The first-order valence-electron chi connectivity index (χ1n) is 4.53. The molecule has 80 valence electrons. The molecule has 5 nitrogen and oxygen atoms in total. The smallest absolute Gasteiger partial charge is 0.176 e. The molecule has 0 aliphatic carbocycles. The van der Waals surface area contributed by atoms with Gasteiger partial charge in [-0.05, 0) is 18.2 Å². The average molecular weight is 217 g/mol. The van der Waals surface area contributed by atoms with Gasteiger partial charge in [-0.1, -0.05) is 0 Å². The molecule has 0 fully saturated rings. The van der Waals surface area contributed by atoms with Crippen molar-refractivity contribution in [3.05, 3.63) is 41.6 Å². The van der Waals surface area contributed by atoms with Crippen LogP contribution in [0.5, 0.6) is 0 Å². The third-order valence-corrected chi connectivity index (χ3v) is 1.99. The van der Waals surface area contributed by atoms with E-state index in [4.69, 9.17) is 11.0 Å². The maximum atomic E-state index is 13.0. The third-order valence-electron chi connectivity index (χ3n) is 1.99. The first-order valence-corrected chi connectivity index (χ1v) is 4.53. The van der Waals surface area contributed by atoms with Crippen LogP contribution in [0, 0.1) is 17.1 Å². The fraction of sp³-hybridized carbons (Fsp3) is 0.100. The highest BCUT2D eigenvalue weighted by Crippen LogP contribution is 2.06. The minimum Gasteiger partial charge on any atom is -0.382 e. The van der Waals surface area contributed by atoms with Crippen LogP contribution in [-0.2, 0) is 6.54 Å². The molecule has 2 heterocycles. The fourth-order valence-electron chi connectivity index (χ4n) is 1.28.